The summed E-state index contributed by atoms with van der Waals surface area (Å²) in [5.41, 5.74) is 6.04. The molecular weight excluding hydrogens is 432 g/mol. The summed E-state index contributed by atoms with van der Waals surface area (Å²) >= 11 is 0. The van der Waals surface area contributed by atoms with E-state index in [2.05, 4.69) is 23.3 Å². The molecule has 0 unspecified atom stereocenters. The summed E-state index contributed by atoms with van der Waals surface area (Å²) in [5.74, 6) is -0.454. The van der Waals surface area contributed by atoms with Crippen LogP contribution in [-0.4, -0.2) is 41.6 Å². The molecule has 1 saturated heterocycles. The molecule has 0 aliphatic carbocycles. The first-order valence-corrected chi connectivity index (χ1v) is 11.5. The molecular formula is C28H27F2N3O. The smallest absolute Gasteiger partial charge is 0.253 e. The van der Waals surface area contributed by atoms with Gasteiger partial charge in [-0.05, 0) is 79.6 Å². The molecule has 4 nitrogen and oxygen atoms in total. The Morgan fingerprint density at radius 3 is 2.09 bits per heavy atom. The predicted molar refractivity (Wildman–Crippen MR) is 131 cm³/mol. The van der Waals surface area contributed by atoms with Crippen molar-refractivity contribution in [3.05, 3.63) is 101 Å². The fourth-order valence-electron chi connectivity index (χ4n) is 4.76. The van der Waals surface area contributed by atoms with E-state index in [0.29, 0.717) is 38.3 Å². The first-order chi connectivity index (χ1) is 16.4. The SMILES string of the molecule is Cc1c(C)n(Cc2ccc(F)cc2)c2ccc(C(=O)N3CCN(c4ccc(F)cc4)CC3)cc12. The van der Waals surface area contributed by atoms with E-state index in [1.807, 2.05) is 23.1 Å². The molecule has 0 N–H and O–H groups in total. The lowest BCUT2D eigenvalue weighted by molar-refractivity contribution is 0.0747. The van der Waals surface area contributed by atoms with Crippen LogP contribution in [0.1, 0.15) is 27.2 Å². The number of amides is 1. The third-order valence-electron chi connectivity index (χ3n) is 6.90. The Morgan fingerprint density at radius 2 is 1.44 bits per heavy atom. The van der Waals surface area contributed by atoms with Gasteiger partial charge in [0.15, 0.2) is 0 Å². The minimum Gasteiger partial charge on any atom is -0.368 e. The van der Waals surface area contributed by atoms with Gasteiger partial charge in [0.2, 0.25) is 0 Å². The number of aromatic nitrogens is 1. The molecule has 1 fully saturated rings. The van der Waals surface area contributed by atoms with Crippen molar-refractivity contribution in [3.63, 3.8) is 0 Å². The highest BCUT2D eigenvalue weighted by molar-refractivity contribution is 5.99. The Hall–Kier alpha value is -3.67. The second kappa shape index (κ2) is 8.93. The van der Waals surface area contributed by atoms with Gasteiger partial charge in [0.25, 0.3) is 5.91 Å². The van der Waals surface area contributed by atoms with Crippen LogP contribution in [0.3, 0.4) is 0 Å². The van der Waals surface area contributed by atoms with E-state index in [9.17, 15) is 13.6 Å². The van der Waals surface area contributed by atoms with E-state index in [1.54, 1.807) is 24.3 Å². The van der Waals surface area contributed by atoms with Gasteiger partial charge < -0.3 is 14.4 Å². The summed E-state index contributed by atoms with van der Waals surface area (Å²) in [6, 6.07) is 19.0. The molecule has 4 aromatic rings. The highest BCUT2D eigenvalue weighted by atomic mass is 19.1. The highest BCUT2D eigenvalue weighted by Crippen LogP contribution is 2.28. The van der Waals surface area contributed by atoms with E-state index in [-0.39, 0.29) is 17.5 Å². The van der Waals surface area contributed by atoms with Crippen LogP contribution in [-0.2, 0) is 6.54 Å². The summed E-state index contributed by atoms with van der Waals surface area (Å²) < 4.78 is 28.7. The van der Waals surface area contributed by atoms with Crippen molar-refractivity contribution in [2.24, 2.45) is 0 Å². The first kappa shape index (κ1) is 22.1. The van der Waals surface area contributed by atoms with Gasteiger partial charge >= 0.3 is 0 Å². The molecule has 2 heterocycles. The van der Waals surface area contributed by atoms with Crippen molar-refractivity contribution in [1.82, 2.24) is 9.47 Å². The van der Waals surface area contributed by atoms with Gasteiger partial charge in [-0.25, -0.2) is 8.78 Å². The molecule has 34 heavy (non-hydrogen) atoms. The molecule has 0 saturated carbocycles. The van der Waals surface area contributed by atoms with E-state index in [4.69, 9.17) is 0 Å². The van der Waals surface area contributed by atoms with Crippen LogP contribution < -0.4 is 4.90 Å². The van der Waals surface area contributed by atoms with Crippen LogP contribution in [0.5, 0.6) is 0 Å². The van der Waals surface area contributed by atoms with Gasteiger partial charge in [-0.3, -0.25) is 4.79 Å². The Bertz CT molecular complexity index is 1340. The molecule has 1 aliphatic rings. The molecule has 0 radical (unpaired) electrons. The summed E-state index contributed by atoms with van der Waals surface area (Å²) in [4.78, 5) is 17.3. The molecule has 0 bridgehead atoms. The minimum absolute atomic E-state index is 0.0315. The zero-order chi connectivity index (χ0) is 23.8. The average molecular weight is 460 g/mol. The molecule has 1 aliphatic heterocycles. The Kier molecular flexibility index (Phi) is 5.82. The third-order valence-corrected chi connectivity index (χ3v) is 6.90. The topological polar surface area (TPSA) is 28.5 Å². The number of halogens is 2. The Morgan fingerprint density at radius 1 is 0.824 bits per heavy atom. The maximum Gasteiger partial charge on any atom is 0.253 e. The maximum atomic E-state index is 13.3. The van der Waals surface area contributed by atoms with Gasteiger partial charge in [-0.1, -0.05) is 12.1 Å². The molecule has 5 rings (SSSR count). The van der Waals surface area contributed by atoms with Crippen molar-refractivity contribution in [3.8, 4) is 0 Å². The standard InChI is InChI=1S/C28H27F2N3O/c1-19-20(2)33(18-21-3-6-23(29)7-4-21)27-12-5-22(17-26(19)27)28(34)32-15-13-31(14-16-32)25-10-8-24(30)9-11-25/h3-12,17H,13-16,18H2,1-2H3. The van der Waals surface area contributed by atoms with Crippen LogP contribution in [0.25, 0.3) is 10.9 Å². The molecule has 1 amide bonds. The zero-order valence-corrected chi connectivity index (χ0v) is 19.4. The molecule has 174 valence electrons. The fourth-order valence-corrected chi connectivity index (χ4v) is 4.76. The minimum atomic E-state index is -0.245. The number of benzene rings is 3. The number of hydrogen-bond acceptors (Lipinski definition) is 2. The molecule has 1 aromatic heterocycles. The second-order valence-corrected chi connectivity index (χ2v) is 8.91. The summed E-state index contributed by atoms with van der Waals surface area (Å²) in [5, 5.41) is 1.07. The quantitative estimate of drug-likeness (QED) is 0.401. The van der Waals surface area contributed by atoms with E-state index < -0.39 is 0 Å². The molecule has 0 spiro atoms. The fraction of sp³-hybridized carbons (Fsp3) is 0.250. The predicted octanol–water partition coefficient (Wildman–Crippen LogP) is 5.55. The van der Waals surface area contributed by atoms with Crippen LogP contribution >= 0.6 is 0 Å². The summed E-state index contributed by atoms with van der Waals surface area (Å²) in [6.45, 7) is 7.48. The largest absolute Gasteiger partial charge is 0.368 e. The van der Waals surface area contributed by atoms with Gasteiger partial charge in [-0.15, -0.1) is 0 Å². The van der Waals surface area contributed by atoms with Crippen molar-refractivity contribution >= 4 is 22.5 Å². The van der Waals surface area contributed by atoms with Crippen molar-refractivity contribution < 1.29 is 13.6 Å². The highest BCUT2D eigenvalue weighted by Gasteiger charge is 2.23. The summed E-state index contributed by atoms with van der Waals surface area (Å²) in [6.07, 6.45) is 0. The number of hydrogen-bond donors (Lipinski definition) is 0. The monoisotopic (exact) mass is 459 g/mol. The number of carbonyl (C=O) groups excluding carboxylic acids is 1. The van der Waals surface area contributed by atoms with Crippen molar-refractivity contribution in [1.29, 1.82) is 0 Å². The normalized spacial score (nSPS) is 14.1. The lowest BCUT2D eigenvalue weighted by atomic mass is 10.1. The van der Waals surface area contributed by atoms with Crippen LogP contribution in [0.2, 0.25) is 0 Å². The number of aryl methyl sites for hydroxylation is 1. The van der Waals surface area contributed by atoms with Crippen molar-refractivity contribution in [2.45, 2.75) is 20.4 Å². The lowest BCUT2D eigenvalue weighted by Crippen LogP contribution is -2.48. The maximum absolute atomic E-state index is 13.3. The molecule has 3 aromatic carbocycles. The average Bonchev–Trinajstić information content (AvgIpc) is 3.10. The van der Waals surface area contributed by atoms with Gasteiger partial charge in [0.05, 0.1) is 0 Å². The van der Waals surface area contributed by atoms with E-state index in [0.717, 1.165) is 33.4 Å². The number of piperazine rings is 1. The number of rotatable bonds is 4. The number of carbonyl (C=O) groups is 1. The zero-order valence-electron chi connectivity index (χ0n) is 19.4. The van der Waals surface area contributed by atoms with Gasteiger partial charge in [-0.2, -0.15) is 0 Å². The van der Waals surface area contributed by atoms with E-state index in [1.165, 1.54) is 24.3 Å². The number of fused-ring (bicyclic) bond motifs is 1. The van der Waals surface area contributed by atoms with Crippen LogP contribution in [0, 0.1) is 25.5 Å². The second-order valence-electron chi connectivity index (χ2n) is 8.91. The van der Waals surface area contributed by atoms with Crippen LogP contribution in [0.4, 0.5) is 14.5 Å². The van der Waals surface area contributed by atoms with Crippen molar-refractivity contribution in [2.75, 3.05) is 31.1 Å². The molecule has 6 heteroatoms. The first-order valence-electron chi connectivity index (χ1n) is 11.5. The number of anilines is 1. The Labute approximate surface area is 198 Å². The lowest BCUT2D eigenvalue weighted by Gasteiger charge is -2.36. The van der Waals surface area contributed by atoms with Crippen LogP contribution in [0.15, 0.2) is 66.7 Å². The summed E-state index contributed by atoms with van der Waals surface area (Å²) in [7, 11) is 0. The Balaban J connectivity index is 1.34. The third kappa shape index (κ3) is 4.16. The van der Waals surface area contributed by atoms with Gasteiger partial charge in [0.1, 0.15) is 11.6 Å². The van der Waals surface area contributed by atoms with E-state index >= 15 is 0 Å². The molecule has 0 atom stereocenters. The number of nitrogens with zero attached hydrogens (tertiary/aromatic N) is 3. The van der Waals surface area contributed by atoms with Gasteiger partial charge in [0, 0.05) is 60.6 Å².